The standard InChI is InChI=1S/C38H51N7O6/c1-36(2,3)49-33(46)40-24-38(7,8)50-34(47)41-25-43-21-18-27(19-22-43)44(30-17-11-13-26-14-12-20-39-32(26)30)23-31-42-28-15-9-10-16-29(28)45(31)35(48)51-37(4,5)6/h9-10,12,14-16,20,24-25,27,30H,11,13,17-19,21-23H2,1-8H3. The van der Waals surface area contributed by atoms with E-state index >= 15 is 0 Å². The van der Waals surface area contributed by atoms with E-state index in [9.17, 15) is 14.4 Å². The Balaban J connectivity index is 1.32. The number of ether oxygens (including phenoxy) is 3. The predicted octanol–water partition coefficient (Wildman–Crippen LogP) is 7.51. The van der Waals surface area contributed by atoms with Crippen molar-refractivity contribution in [2.24, 2.45) is 9.98 Å². The summed E-state index contributed by atoms with van der Waals surface area (Å²) >= 11 is 0. The van der Waals surface area contributed by atoms with E-state index in [2.05, 4.69) is 21.0 Å². The molecule has 13 heteroatoms. The Bertz CT molecular complexity index is 1780. The number of amides is 2. The molecule has 13 nitrogen and oxygen atoms in total. The lowest BCUT2D eigenvalue weighted by Gasteiger charge is -2.43. The number of carbonyl (C=O) groups excluding carboxylic acids is 3. The van der Waals surface area contributed by atoms with Gasteiger partial charge in [-0.1, -0.05) is 18.2 Å². The second-order valence-corrected chi connectivity index (χ2v) is 15.7. The molecule has 0 bridgehead atoms. The number of benzene rings is 1. The van der Waals surface area contributed by atoms with E-state index in [1.807, 2.05) is 62.2 Å². The van der Waals surface area contributed by atoms with E-state index in [4.69, 9.17) is 24.2 Å². The topological polar surface area (TPSA) is 141 Å². The first kappa shape index (κ1) is 37.6. The van der Waals surface area contributed by atoms with Gasteiger partial charge in [0.1, 0.15) is 22.6 Å². The van der Waals surface area contributed by atoms with E-state index in [0.717, 1.165) is 43.3 Å². The van der Waals surface area contributed by atoms with Crippen LogP contribution in [0.5, 0.6) is 0 Å². The highest BCUT2D eigenvalue weighted by Gasteiger charge is 2.36. The summed E-state index contributed by atoms with van der Waals surface area (Å²) in [5.41, 5.74) is 1.25. The van der Waals surface area contributed by atoms with Crippen LogP contribution >= 0.6 is 0 Å². The van der Waals surface area contributed by atoms with Crippen LogP contribution in [0.15, 0.2) is 52.6 Å². The predicted molar refractivity (Wildman–Crippen MR) is 195 cm³/mol. The Morgan fingerprint density at radius 2 is 1.57 bits per heavy atom. The van der Waals surface area contributed by atoms with Gasteiger partial charge in [0.25, 0.3) is 0 Å². The van der Waals surface area contributed by atoms with E-state index in [1.165, 1.54) is 18.1 Å². The molecule has 2 aliphatic rings. The molecule has 2 aromatic heterocycles. The van der Waals surface area contributed by atoms with Gasteiger partial charge in [-0.25, -0.2) is 23.9 Å². The van der Waals surface area contributed by atoms with Gasteiger partial charge in [-0.3, -0.25) is 9.88 Å². The van der Waals surface area contributed by atoms with E-state index in [0.29, 0.717) is 31.0 Å². The molecular formula is C38H51N7O6. The number of aromatic nitrogens is 3. The summed E-state index contributed by atoms with van der Waals surface area (Å²) in [6.07, 6.45) is 7.16. The van der Waals surface area contributed by atoms with Crippen molar-refractivity contribution in [2.75, 3.05) is 13.1 Å². The molecule has 0 radical (unpaired) electrons. The van der Waals surface area contributed by atoms with Crippen molar-refractivity contribution in [2.45, 2.75) is 123 Å². The monoisotopic (exact) mass is 701 g/mol. The van der Waals surface area contributed by atoms with Crippen molar-refractivity contribution in [1.29, 1.82) is 0 Å². The van der Waals surface area contributed by atoms with Gasteiger partial charge in [-0.2, -0.15) is 9.98 Å². The van der Waals surface area contributed by atoms with Crippen molar-refractivity contribution in [1.82, 2.24) is 24.3 Å². The van der Waals surface area contributed by atoms with Crippen molar-refractivity contribution < 1.29 is 28.6 Å². The third-order valence-corrected chi connectivity index (χ3v) is 8.62. The molecule has 51 heavy (non-hydrogen) atoms. The van der Waals surface area contributed by atoms with Crippen LogP contribution in [0, 0.1) is 0 Å². The minimum Gasteiger partial charge on any atom is -0.443 e. The fourth-order valence-corrected chi connectivity index (χ4v) is 6.49. The van der Waals surface area contributed by atoms with Gasteiger partial charge < -0.3 is 19.1 Å². The molecule has 0 N–H and O–H groups in total. The Morgan fingerprint density at radius 1 is 0.882 bits per heavy atom. The fraction of sp³-hybridized carbons (Fsp3) is 0.553. The number of aliphatic imine (C=N–C) groups is 2. The summed E-state index contributed by atoms with van der Waals surface area (Å²) in [5.74, 6) is 0.623. The SMILES string of the molecule is CC(C)(C)OC(=O)N=CC(C)(C)OC(=O)N=CN1CCC(N(Cc2nc3ccccc3n2C(=O)OC(C)(C)C)C2CCCc3cccnc32)CC1. The number of pyridine rings is 1. The first-order chi connectivity index (χ1) is 24.0. The van der Waals surface area contributed by atoms with Gasteiger partial charge in [-0.15, -0.1) is 0 Å². The molecule has 1 saturated heterocycles. The molecule has 1 atom stereocenters. The van der Waals surface area contributed by atoms with Gasteiger partial charge in [0, 0.05) is 25.3 Å². The van der Waals surface area contributed by atoms with Crippen LogP contribution in [-0.2, 0) is 27.2 Å². The van der Waals surface area contributed by atoms with Gasteiger partial charge >= 0.3 is 18.3 Å². The highest BCUT2D eigenvalue weighted by atomic mass is 16.6. The summed E-state index contributed by atoms with van der Waals surface area (Å²) in [5, 5.41) is 0. The van der Waals surface area contributed by atoms with Crippen molar-refractivity contribution >= 4 is 41.9 Å². The van der Waals surface area contributed by atoms with Crippen LogP contribution in [0.2, 0.25) is 0 Å². The molecule has 0 saturated carbocycles. The first-order valence-electron chi connectivity index (χ1n) is 17.7. The molecular weight excluding hydrogens is 650 g/mol. The van der Waals surface area contributed by atoms with Crippen LogP contribution in [0.1, 0.15) is 104 Å². The fourth-order valence-electron chi connectivity index (χ4n) is 6.49. The quantitative estimate of drug-likeness (QED) is 0.138. The lowest BCUT2D eigenvalue weighted by Crippen LogP contribution is -2.47. The Kier molecular flexibility index (Phi) is 11.3. The molecule has 1 aromatic carbocycles. The Labute approximate surface area is 300 Å². The van der Waals surface area contributed by atoms with Crippen LogP contribution in [0.4, 0.5) is 14.4 Å². The van der Waals surface area contributed by atoms with E-state index in [-0.39, 0.29) is 12.1 Å². The Morgan fingerprint density at radius 3 is 2.27 bits per heavy atom. The summed E-state index contributed by atoms with van der Waals surface area (Å²) in [6, 6.07) is 12.0. The second-order valence-electron chi connectivity index (χ2n) is 15.7. The molecule has 5 rings (SSSR count). The number of fused-ring (bicyclic) bond motifs is 2. The second kappa shape index (κ2) is 15.3. The van der Waals surface area contributed by atoms with E-state index < -0.39 is 35.1 Å². The summed E-state index contributed by atoms with van der Waals surface area (Å²) in [4.78, 5) is 60.3. The van der Waals surface area contributed by atoms with Gasteiger partial charge in [0.05, 0.1) is 41.9 Å². The maximum absolute atomic E-state index is 13.6. The number of nitrogens with zero attached hydrogens (tertiary/aromatic N) is 7. The average molecular weight is 702 g/mol. The third-order valence-electron chi connectivity index (χ3n) is 8.62. The highest BCUT2D eigenvalue weighted by Crippen LogP contribution is 2.37. The number of rotatable bonds is 7. The van der Waals surface area contributed by atoms with E-state index in [1.54, 1.807) is 39.2 Å². The van der Waals surface area contributed by atoms with Crippen molar-refractivity contribution in [3.05, 3.63) is 59.7 Å². The summed E-state index contributed by atoms with van der Waals surface area (Å²) in [6.45, 7) is 15.8. The molecule has 3 aromatic rings. The van der Waals surface area contributed by atoms with Crippen LogP contribution in [0.3, 0.4) is 0 Å². The highest BCUT2D eigenvalue weighted by molar-refractivity contribution is 5.88. The van der Waals surface area contributed by atoms with Crippen LogP contribution in [0.25, 0.3) is 11.0 Å². The molecule has 1 fully saturated rings. The molecule has 0 spiro atoms. The smallest absolute Gasteiger partial charge is 0.435 e. The number of aryl methyl sites for hydroxylation is 1. The minimum absolute atomic E-state index is 0.0478. The van der Waals surface area contributed by atoms with Crippen molar-refractivity contribution in [3.8, 4) is 0 Å². The molecule has 1 aliphatic heterocycles. The number of para-hydroxylation sites is 2. The number of piperidine rings is 1. The van der Waals surface area contributed by atoms with Crippen LogP contribution in [-0.4, -0.2) is 91.1 Å². The number of carbonyl (C=O) groups is 3. The number of hydrogen-bond acceptors (Lipinski definition) is 9. The minimum atomic E-state index is -1.17. The van der Waals surface area contributed by atoms with Gasteiger partial charge in [0.2, 0.25) is 0 Å². The van der Waals surface area contributed by atoms with Gasteiger partial charge in [0.15, 0.2) is 0 Å². The zero-order valence-electron chi connectivity index (χ0n) is 31.1. The molecule has 1 unspecified atom stereocenters. The largest absolute Gasteiger partial charge is 0.443 e. The Hall–Kier alpha value is -4.65. The lowest BCUT2D eigenvalue weighted by molar-refractivity contribution is 0.0496. The maximum atomic E-state index is 13.6. The molecule has 274 valence electrons. The number of hydrogen-bond donors (Lipinski definition) is 0. The lowest BCUT2D eigenvalue weighted by atomic mass is 9.88. The van der Waals surface area contributed by atoms with Gasteiger partial charge in [-0.05, 0) is 111 Å². The summed E-state index contributed by atoms with van der Waals surface area (Å²) < 4.78 is 18.1. The zero-order valence-corrected chi connectivity index (χ0v) is 31.1. The normalized spacial score (nSPS) is 17.7. The molecule has 2 amide bonds. The number of imidazole rings is 1. The number of likely N-dealkylation sites (tertiary alicyclic amines) is 1. The molecule has 3 heterocycles. The van der Waals surface area contributed by atoms with Crippen molar-refractivity contribution in [3.63, 3.8) is 0 Å². The van der Waals surface area contributed by atoms with Crippen LogP contribution < -0.4 is 0 Å². The third kappa shape index (κ3) is 10.2. The maximum Gasteiger partial charge on any atom is 0.435 e. The first-order valence-corrected chi connectivity index (χ1v) is 17.7. The molecule has 1 aliphatic carbocycles. The zero-order chi connectivity index (χ0) is 37.0. The average Bonchev–Trinajstić information content (AvgIpc) is 3.42. The summed E-state index contributed by atoms with van der Waals surface area (Å²) in [7, 11) is 0.